The minimum absolute atomic E-state index is 0.137. The molecule has 2 fully saturated rings. The van der Waals surface area contributed by atoms with Gasteiger partial charge >= 0.3 is 6.09 Å². The number of nitrogens with one attached hydrogen (secondary N) is 3. The van der Waals surface area contributed by atoms with Gasteiger partial charge in [-0.25, -0.2) is 4.79 Å². The zero-order valence-electron chi connectivity index (χ0n) is 26.5. The number of carboxylic acid groups (broad SMARTS) is 1. The normalized spacial score (nSPS) is 23.4. The molecule has 5 rings (SSSR count). The van der Waals surface area contributed by atoms with E-state index in [-0.39, 0.29) is 23.9 Å². The van der Waals surface area contributed by atoms with E-state index < -0.39 is 41.5 Å². The summed E-state index contributed by atoms with van der Waals surface area (Å²) in [6, 6.07) is 14.1. The zero-order valence-corrected chi connectivity index (χ0v) is 26.5. The Kier molecular flexibility index (Phi) is 9.67. The van der Waals surface area contributed by atoms with E-state index in [2.05, 4.69) is 20.9 Å². The highest BCUT2D eigenvalue weighted by Gasteiger charge is 2.45. The first-order valence-corrected chi connectivity index (χ1v) is 15.9. The molecule has 2 saturated heterocycles. The van der Waals surface area contributed by atoms with E-state index >= 15 is 0 Å². The van der Waals surface area contributed by atoms with Crippen molar-refractivity contribution in [2.24, 2.45) is 11.3 Å². The van der Waals surface area contributed by atoms with Crippen LogP contribution in [0.5, 0.6) is 5.75 Å². The van der Waals surface area contributed by atoms with Gasteiger partial charge in [0.1, 0.15) is 17.8 Å². The second kappa shape index (κ2) is 13.5. The van der Waals surface area contributed by atoms with E-state index in [1.165, 1.54) is 0 Å². The molecule has 0 bridgehead atoms. The van der Waals surface area contributed by atoms with Crippen LogP contribution in [0.25, 0.3) is 0 Å². The molecule has 3 heterocycles. The molecule has 11 heteroatoms. The lowest BCUT2D eigenvalue weighted by molar-refractivity contribution is -0.148. The fourth-order valence-corrected chi connectivity index (χ4v) is 6.99. The molecule has 4 amide bonds. The Labute approximate surface area is 264 Å². The first kappa shape index (κ1) is 32.3. The number of rotatable bonds is 8. The molecule has 2 aromatic rings. The van der Waals surface area contributed by atoms with Crippen LogP contribution in [0.15, 0.2) is 54.6 Å². The Morgan fingerprint density at radius 1 is 0.956 bits per heavy atom. The van der Waals surface area contributed by atoms with Gasteiger partial charge in [0, 0.05) is 37.2 Å². The third kappa shape index (κ3) is 7.24. The molecule has 0 radical (unpaired) electrons. The van der Waals surface area contributed by atoms with Gasteiger partial charge in [-0.1, -0.05) is 76.2 Å². The van der Waals surface area contributed by atoms with Gasteiger partial charge in [0.2, 0.25) is 11.8 Å². The largest absolute Gasteiger partial charge is 0.493 e. The second-order valence-electron chi connectivity index (χ2n) is 13.5. The van der Waals surface area contributed by atoms with Crippen molar-refractivity contribution in [2.45, 2.75) is 77.2 Å². The van der Waals surface area contributed by atoms with Crippen molar-refractivity contribution in [3.8, 4) is 5.75 Å². The van der Waals surface area contributed by atoms with Crippen molar-refractivity contribution in [1.82, 2.24) is 25.8 Å². The average molecular weight is 620 g/mol. The van der Waals surface area contributed by atoms with Crippen molar-refractivity contribution >= 4 is 23.8 Å². The highest BCUT2D eigenvalue weighted by atomic mass is 16.5. The summed E-state index contributed by atoms with van der Waals surface area (Å²) in [6.07, 6.45) is 1.32. The number of hydrogen-bond acceptors (Lipinski definition) is 6. The van der Waals surface area contributed by atoms with Crippen LogP contribution in [0.1, 0.15) is 70.2 Å². The van der Waals surface area contributed by atoms with Crippen LogP contribution in [0, 0.1) is 11.3 Å². The van der Waals surface area contributed by atoms with Crippen LogP contribution in [-0.4, -0.2) is 83.1 Å². The number of ether oxygens (including phenoxy) is 1. The van der Waals surface area contributed by atoms with Gasteiger partial charge in [0.25, 0.3) is 5.91 Å². The van der Waals surface area contributed by atoms with Crippen molar-refractivity contribution in [3.63, 3.8) is 0 Å². The van der Waals surface area contributed by atoms with Crippen molar-refractivity contribution < 1.29 is 29.0 Å². The molecule has 0 saturated carbocycles. The predicted molar refractivity (Wildman–Crippen MR) is 168 cm³/mol. The summed E-state index contributed by atoms with van der Waals surface area (Å²) in [5.41, 5.74) is 0.941. The third-order valence-electron chi connectivity index (χ3n) is 9.34. The summed E-state index contributed by atoms with van der Waals surface area (Å²) in [4.78, 5) is 57.9. The van der Waals surface area contributed by atoms with Crippen LogP contribution in [0.4, 0.5) is 4.79 Å². The standard InChI is InChI=1S/C34H45N5O6/c1-21(29(34(2,3)4)37-33(43)44)30(40)36-28(22-11-6-5-7-12-22)32(42)39-19-23-13-10-17-38(23)20-26(39)31(41)35-25-16-18-45-27-15-9-8-14-24(25)27/h5-9,11-12,14-15,21,23,25-26,28-29,37H,10,13,16-20H2,1-4H3,(H,35,41)(H,36,40)(H,43,44)/t21-,23+,25+,26-,28-,29?/m0/s1. The molecule has 45 heavy (non-hydrogen) atoms. The van der Waals surface area contributed by atoms with Gasteiger partial charge < -0.3 is 30.7 Å². The summed E-state index contributed by atoms with van der Waals surface area (Å²) in [5.74, 6) is -1.08. The topological polar surface area (TPSA) is 140 Å². The van der Waals surface area contributed by atoms with E-state index in [4.69, 9.17) is 4.74 Å². The molecule has 4 N–H and O–H groups in total. The molecule has 1 unspecified atom stereocenters. The number of amides is 4. The van der Waals surface area contributed by atoms with Gasteiger partial charge in [-0.15, -0.1) is 0 Å². The summed E-state index contributed by atoms with van der Waals surface area (Å²) < 4.78 is 5.79. The van der Waals surface area contributed by atoms with Crippen molar-refractivity contribution in [2.75, 3.05) is 26.2 Å². The molecule has 0 aromatic heterocycles. The van der Waals surface area contributed by atoms with Crippen molar-refractivity contribution in [1.29, 1.82) is 0 Å². The average Bonchev–Trinajstić information content (AvgIpc) is 3.49. The lowest BCUT2D eigenvalue weighted by atomic mass is 9.79. The lowest BCUT2D eigenvalue weighted by Crippen LogP contribution is -2.64. The fourth-order valence-electron chi connectivity index (χ4n) is 6.99. The van der Waals surface area contributed by atoms with Crippen LogP contribution < -0.4 is 20.7 Å². The number of piperazine rings is 1. The van der Waals surface area contributed by atoms with E-state index in [0.29, 0.717) is 31.7 Å². The number of carbonyl (C=O) groups excluding carboxylic acids is 3. The van der Waals surface area contributed by atoms with Gasteiger partial charge in [0.05, 0.1) is 18.6 Å². The Hall–Kier alpha value is -4.12. The number of nitrogens with zero attached hydrogens (tertiary/aromatic N) is 2. The second-order valence-corrected chi connectivity index (χ2v) is 13.5. The quantitative estimate of drug-likeness (QED) is 0.355. The molecule has 0 aliphatic carbocycles. The monoisotopic (exact) mass is 619 g/mol. The molecule has 3 aliphatic rings. The zero-order chi connectivity index (χ0) is 32.3. The van der Waals surface area contributed by atoms with Gasteiger partial charge in [0.15, 0.2) is 0 Å². The third-order valence-corrected chi connectivity index (χ3v) is 9.34. The molecule has 0 spiro atoms. The number of para-hydroxylation sites is 1. The molecule has 3 aliphatic heterocycles. The van der Waals surface area contributed by atoms with Crippen molar-refractivity contribution in [3.05, 3.63) is 65.7 Å². The maximum absolute atomic E-state index is 14.6. The van der Waals surface area contributed by atoms with Gasteiger partial charge in [-0.05, 0) is 36.4 Å². The van der Waals surface area contributed by atoms with Gasteiger partial charge in [-0.3, -0.25) is 19.3 Å². The Morgan fingerprint density at radius 3 is 2.38 bits per heavy atom. The molecule has 242 valence electrons. The number of benzene rings is 2. The molecule has 11 nitrogen and oxygen atoms in total. The van der Waals surface area contributed by atoms with Crippen LogP contribution in [0.2, 0.25) is 0 Å². The number of hydrogen-bond donors (Lipinski definition) is 4. The minimum Gasteiger partial charge on any atom is -0.493 e. The smallest absolute Gasteiger partial charge is 0.404 e. The first-order chi connectivity index (χ1) is 21.4. The van der Waals surface area contributed by atoms with E-state index in [1.54, 1.807) is 36.1 Å². The Morgan fingerprint density at radius 2 is 1.67 bits per heavy atom. The summed E-state index contributed by atoms with van der Waals surface area (Å²) in [7, 11) is 0. The molecule has 6 atom stereocenters. The van der Waals surface area contributed by atoms with E-state index in [0.717, 1.165) is 30.7 Å². The van der Waals surface area contributed by atoms with Crippen LogP contribution in [-0.2, 0) is 14.4 Å². The number of carbonyl (C=O) groups is 4. The fraction of sp³-hybridized carbons (Fsp3) is 0.529. The predicted octanol–water partition coefficient (Wildman–Crippen LogP) is 3.48. The number of fused-ring (bicyclic) bond motifs is 2. The van der Waals surface area contributed by atoms with E-state index in [9.17, 15) is 24.3 Å². The first-order valence-electron chi connectivity index (χ1n) is 15.9. The van der Waals surface area contributed by atoms with Crippen LogP contribution in [0.3, 0.4) is 0 Å². The summed E-state index contributed by atoms with van der Waals surface area (Å²) >= 11 is 0. The SMILES string of the molecule is C[C@H](C(=O)N[C@H](C(=O)N1C[C@H]2CCCN2C[C@H]1C(=O)N[C@@H]1CCOc2ccccc21)c1ccccc1)C(NC(=O)O)C(C)(C)C. The lowest BCUT2D eigenvalue weighted by Gasteiger charge is -2.44. The highest BCUT2D eigenvalue weighted by molar-refractivity contribution is 5.94. The van der Waals surface area contributed by atoms with E-state index in [1.807, 2.05) is 51.1 Å². The van der Waals surface area contributed by atoms with Crippen LogP contribution >= 0.6 is 0 Å². The van der Waals surface area contributed by atoms with Gasteiger partial charge in [-0.2, -0.15) is 0 Å². The molecule has 2 aromatic carbocycles. The molecular weight excluding hydrogens is 574 g/mol. The maximum atomic E-state index is 14.6. The molecular formula is C34H45N5O6. The summed E-state index contributed by atoms with van der Waals surface area (Å²) in [5, 5.41) is 18.1. The maximum Gasteiger partial charge on any atom is 0.404 e. The Balaban J connectivity index is 1.42. The highest BCUT2D eigenvalue weighted by Crippen LogP contribution is 2.33. The minimum atomic E-state index is -1.22. The summed E-state index contributed by atoms with van der Waals surface area (Å²) in [6.45, 7) is 9.38. The Bertz CT molecular complexity index is 1390.